The van der Waals surface area contributed by atoms with Crippen LogP contribution in [0.15, 0.2) is 64.7 Å². The number of benzene rings is 2. The average Bonchev–Trinajstić information content (AvgIpc) is 2.96. The van der Waals surface area contributed by atoms with Crippen molar-refractivity contribution in [2.75, 3.05) is 19.5 Å². The van der Waals surface area contributed by atoms with Crippen LogP contribution in [0.5, 0.6) is 11.5 Å². The summed E-state index contributed by atoms with van der Waals surface area (Å²) in [5.74, 6) is 2.29. The number of ether oxygens (including phenoxy) is 2. The molecule has 0 saturated carbocycles. The van der Waals surface area contributed by atoms with Gasteiger partial charge >= 0.3 is 0 Å². The predicted molar refractivity (Wildman–Crippen MR) is 107 cm³/mol. The number of nitrogens with zero attached hydrogens (tertiary/aromatic N) is 2. The molecule has 0 saturated heterocycles. The molecule has 0 aliphatic carbocycles. The van der Waals surface area contributed by atoms with E-state index in [4.69, 9.17) is 14.5 Å². The van der Waals surface area contributed by atoms with Crippen molar-refractivity contribution >= 4 is 38.7 Å². The summed E-state index contributed by atoms with van der Waals surface area (Å²) in [4.78, 5) is 4.73. The van der Waals surface area contributed by atoms with Gasteiger partial charge in [-0.05, 0) is 24.3 Å². The fourth-order valence-electron chi connectivity index (χ4n) is 2.51. The van der Waals surface area contributed by atoms with Crippen molar-refractivity contribution in [2.24, 2.45) is 0 Å². The summed E-state index contributed by atoms with van der Waals surface area (Å²) in [6, 6.07) is 15.8. The lowest BCUT2D eigenvalue weighted by atomic mass is 10.3. The van der Waals surface area contributed by atoms with E-state index in [-0.39, 0.29) is 0 Å². The van der Waals surface area contributed by atoms with Crippen LogP contribution in [-0.4, -0.2) is 29.0 Å². The number of thioether (sulfide) groups is 1. The smallest absolute Gasteiger partial charge is 0.169 e. The van der Waals surface area contributed by atoms with Crippen LogP contribution in [-0.2, 0) is 6.54 Å². The molecule has 1 heterocycles. The molecule has 1 aromatic heterocycles. The minimum absolute atomic E-state index is 0.573. The molecule has 0 amide bonds. The lowest BCUT2D eigenvalue weighted by Crippen LogP contribution is -2.04. The van der Waals surface area contributed by atoms with Gasteiger partial charge < -0.3 is 14.0 Å². The van der Waals surface area contributed by atoms with Crippen LogP contribution in [0.4, 0.5) is 0 Å². The first-order valence-corrected chi connectivity index (χ1v) is 9.64. The Hall–Kier alpha value is -1.92. The fourth-order valence-corrected chi connectivity index (χ4v) is 3.59. The van der Waals surface area contributed by atoms with Gasteiger partial charge in [-0.15, -0.1) is 0 Å². The lowest BCUT2D eigenvalue weighted by Gasteiger charge is -2.11. The van der Waals surface area contributed by atoms with E-state index in [9.17, 15) is 0 Å². The zero-order valence-electron chi connectivity index (χ0n) is 13.9. The van der Waals surface area contributed by atoms with Gasteiger partial charge in [-0.1, -0.05) is 58.5 Å². The van der Waals surface area contributed by atoms with E-state index in [0.717, 1.165) is 37.9 Å². The molecule has 2 aromatic carbocycles. The topological polar surface area (TPSA) is 36.3 Å². The molecule has 3 rings (SSSR count). The third-order valence-electron chi connectivity index (χ3n) is 3.59. The zero-order valence-corrected chi connectivity index (χ0v) is 16.3. The van der Waals surface area contributed by atoms with E-state index in [0.29, 0.717) is 13.2 Å². The molecule has 4 nitrogen and oxygen atoms in total. The average molecular weight is 419 g/mol. The maximum Gasteiger partial charge on any atom is 0.169 e. The summed E-state index contributed by atoms with van der Waals surface area (Å²) in [6.07, 6.45) is 0. The van der Waals surface area contributed by atoms with Gasteiger partial charge in [0, 0.05) is 10.2 Å². The van der Waals surface area contributed by atoms with Crippen molar-refractivity contribution in [1.82, 2.24) is 9.55 Å². The quantitative estimate of drug-likeness (QED) is 0.375. The first-order chi connectivity index (χ1) is 12.2. The molecule has 0 atom stereocenters. The van der Waals surface area contributed by atoms with Crippen LogP contribution >= 0.6 is 27.7 Å². The molecule has 3 aromatic rings. The first-order valence-electron chi connectivity index (χ1n) is 7.86. The normalized spacial score (nSPS) is 10.8. The van der Waals surface area contributed by atoms with Gasteiger partial charge in [-0.2, -0.15) is 0 Å². The van der Waals surface area contributed by atoms with E-state index in [1.165, 1.54) is 0 Å². The van der Waals surface area contributed by atoms with E-state index >= 15 is 0 Å². The number of aromatic nitrogens is 2. The van der Waals surface area contributed by atoms with Crippen molar-refractivity contribution in [3.05, 3.63) is 59.6 Å². The minimum atomic E-state index is 0.573. The number of fused-ring (bicyclic) bond motifs is 1. The Kier molecular flexibility index (Phi) is 6.04. The Morgan fingerprint density at radius 2 is 1.88 bits per heavy atom. The number of hydrogen-bond acceptors (Lipinski definition) is 4. The third-order valence-corrected chi connectivity index (χ3v) is 4.78. The lowest BCUT2D eigenvalue weighted by molar-refractivity contribution is 0.313. The fraction of sp³-hybridized carbons (Fsp3) is 0.211. The zero-order chi connectivity index (χ0) is 17.6. The SMILES string of the molecule is C=C(Br)Cn1c(SCCOc2ccccc2OC)nc2ccccc21. The van der Waals surface area contributed by atoms with E-state index < -0.39 is 0 Å². The molecule has 0 spiro atoms. The molecule has 6 heteroatoms. The Morgan fingerprint density at radius 3 is 2.64 bits per heavy atom. The number of hydrogen-bond donors (Lipinski definition) is 0. The number of halogens is 1. The van der Waals surface area contributed by atoms with E-state index in [1.807, 2.05) is 42.5 Å². The van der Waals surface area contributed by atoms with Gasteiger partial charge in [0.25, 0.3) is 0 Å². The highest BCUT2D eigenvalue weighted by atomic mass is 79.9. The van der Waals surface area contributed by atoms with Crippen LogP contribution in [0.25, 0.3) is 11.0 Å². The summed E-state index contributed by atoms with van der Waals surface area (Å²) in [5.41, 5.74) is 2.10. The highest BCUT2D eigenvalue weighted by Crippen LogP contribution is 2.28. The van der Waals surface area contributed by atoms with Crippen molar-refractivity contribution in [3.63, 3.8) is 0 Å². The number of rotatable bonds is 8. The summed E-state index contributed by atoms with van der Waals surface area (Å²) in [5, 5.41) is 0.963. The van der Waals surface area contributed by atoms with Crippen LogP contribution in [0, 0.1) is 0 Å². The summed E-state index contributed by atoms with van der Waals surface area (Å²) in [6.45, 7) is 5.22. The second-order valence-electron chi connectivity index (χ2n) is 5.33. The molecule has 0 bridgehead atoms. The van der Waals surface area contributed by atoms with Gasteiger partial charge in [-0.3, -0.25) is 0 Å². The second kappa shape index (κ2) is 8.45. The van der Waals surface area contributed by atoms with Crippen molar-refractivity contribution < 1.29 is 9.47 Å². The summed E-state index contributed by atoms with van der Waals surface area (Å²) < 4.78 is 14.2. The van der Waals surface area contributed by atoms with Crippen LogP contribution < -0.4 is 9.47 Å². The largest absolute Gasteiger partial charge is 0.493 e. The second-order valence-corrected chi connectivity index (χ2v) is 7.52. The molecule has 0 unspecified atom stereocenters. The Balaban J connectivity index is 1.67. The van der Waals surface area contributed by atoms with Gasteiger partial charge in [0.05, 0.1) is 31.3 Å². The van der Waals surface area contributed by atoms with E-state index in [1.54, 1.807) is 18.9 Å². The molecule has 0 aliphatic rings. The van der Waals surface area contributed by atoms with Crippen LogP contribution in [0.3, 0.4) is 0 Å². The Bertz CT molecular complexity index is 879. The minimum Gasteiger partial charge on any atom is -0.493 e. The predicted octanol–water partition coefficient (Wildman–Crippen LogP) is 5.12. The number of imidazole rings is 1. The standard InChI is InChI=1S/C19H19BrN2O2S/c1-14(20)13-22-16-8-4-3-7-15(16)21-19(22)25-12-11-24-18-10-6-5-9-17(18)23-2/h3-10H,1,11-13H2,2H3. The van der Waals surface area contributed by atoms with Crippen molar-refractivity contribution in [2.45, 2.75) is 11.7 Å². The molecule has 0 radical (unpaired) electrons. The maximum absolute atomic E-state index is 5.84. The van der Waals surface area contributed by atoms with Crippen molar-refractivity contribution in [1.29, 1.82) is 0 Å². The molecule has 0 aliphatic heterocycles. The highest BCUT2D eigenvalue weighted by Gasteiger charge is 2.11. The molecular weight excluding hydrogens is 400 g/mol. The van der Waals surface area contributed by atoms with Crippen molar-refractivity contribution in [3.8, 4) is 11.5 Å². The third kappa shape index (κ3) is 4.38. The molecule has 0 N–H and O–H groups in total. The maximum atomic E-state index is 5.84. The van der Waals surface area contributed by atoms with Gasteiger partial charge in [0.15, 0.2) is 16.7 Å². The summed E-state index contributed by atoms with van der Waals surface area (Å²) >= 11 is 5.12. The van der Waals surface area contributed by atoms with Crippen LogP contribution in [0.2, 0.25) is 0 Å². The molecular formula is C19H19BrN2O2S. The highest BCUT2D eigenvalue weighted by molar-refractivity contribution is 9.11. The molecule has 130 valence electrons. The number of allylic oxidation sites excluding steroid dienone is 1. The van der Waals surface area contributed by atoms with Crippen LogP contribution in [0.1, 0.15) is 0 Å². The molecule has 0 fully saturated rings. The van der Waals surface area contributed by atoms with E-state index in [2.05, 4.69) is 33.1 Å². The molecule has 25 heavy (non-hydrogen) atoms. The monoisotopic (exact) mass is 418 g/mol. The summed E-state index contributed by atoms with van der Waals surface area (Å²) in [7, 11) is 1.65. The Labute approximate surface area is 160 Å². The first kappa shape index (κ1) is 17.9. The number of para-hydroxylation sites is 4. The van der Waals surface area contributed by atoms with Gasteiger partial charge in [0.1, 0.15) is 0 Å². The Morgan fingerprint density at radius 1 is 1.16 bits per heavy atom. The number of methoxy groups -OCH3 is 1. The van der Waals surface area contributed by atoms with Gasteiger partial charge in [0.2, 0.25) is 0 Å². The van der Waals surface area contributed by atoms with Gasteiger partial charge in [-0.25, -0.2) is 4.98 Å².